The molecule has 1 aromatic carbocycles. The fourth-order valence-corrected chi connectivity index (χ4v) is 4.01. The number of hydrazone groups is 1. The number of nitrogens with zero attached hydrogens (tertiary/aromatic N) is 3. The number of hydrogen-bond acceptors (Lipinski definition) is 6. The third-order valence-electron chi connectivity index (χ3n) is 3.30. The predicted molar refractivity (Wildman–Crippen MR) is 126 cm³/mol. The molecule has 0 saturated heterocycles. The lowest BCUT2D eigenvalue weighted by atomic mass is 10.1. The van der Waals surface area contributed by atoms with Crippen LogP contribution in [0.25, 0.3) is 10.6 Å². The van der Waals surface area contributed by atoms with Crippen LogP contribution < -0.4 is 5.43 Å². The largest absolute Gasteiger partial charge is 0.252 e. The van der Waals surface area contributed by atoms with E-state index in [0.29, 0.717) is 10.0 Å². The molecule has 140 valence electrons. The van der Waals surface area contributed by atoms with Crippen molar-refractivity contribution in [1.29, 1.82) is 0 Å². The standard InChI is InChI=1S/C16H14Cl2N4S2.2BrH/c1-8(11-4-5-12(17)13(18)6-11)21-22-16-20-14(7-23-16)15-9(2)19-10(3)24-15;;/h4-7H,1-3H3,(H,20,22);2*1H/b21-8+;;. The first-order valence-electron chi connectivity index (χ1n) is 7.09. The SMILES string of the molecule is Br.Br.C/C(=N\Nc1nc(-c2sc(C)nc2C)cs1)c1ccc(Cl)c(Cl)c1. The van der Waals surface area contributed by atoms with E-state index in [2.05, 4.69) is 20.5 Å². The van der Waals surface area contributed by atoms with Gasteiger partial charge in [0.15, 0.2) is 0 Å². The van der Waals surface area contributed by atoms with Crippen LogP contribution in [0.2, 0.25) is 10.0 Å². The van der Waals surface area contributed by atoms with Gasteiger partial charge >= 0.3 is 0 Å². The van der Waals surface area contributed by atoms with Crippen molar-refractivity contribution in [2.75, 3.05) is 5.43 Å². The summed E-state index contributed by atoms with van der Waals surface area (Å²) in [6.07, 6.45) is 0. The summed E-state index contributed by atoms with van der Waals surface area (Å²) in [5.74, 6) is 0. The zero-order valence-corrected chi connectivity index (χ0v) is 20.6. The van der Waals surface area contributed by atoms with Crippen molar-refractivity contribution in [3.8, 4) is 10.6 Å². The average Bonchev–Trinajstić information content (AvgIpc) is 3.13. The molecule has 0 unspecified atom stereocenters. The Morgan fingerprint density at radius 2 is 1.85 bits per heavy atom. The number of nitrogens with one attached hydrogen (secondary N) is 1. The van der Waals surface area contributed by atoms with Gasteiger partial charge in [-0.1, -0.05) is 29.3 Å². The first kappa shape index (κ1) is 23.5. The summed E-state index contributed by atoms with van der Waals surface area (Å²) in [5, 5.41) is 9.19. The van der Waals surface area contributed by atoms with E-state index in [1.54, 1.807) is 23.5 Å². The van der Waals surface area contributed by atoms with Gasteiger partial charge < -0.3 is 0 Å². The van der Waals surface area contributed by atoms with E-state index in [4.69, 9.17) is 23.2 Å². The Morgan fingerprint density at radius 3 is 2.46 bits per heavy atom. The molecule has 2 aromatic heterocycles. The minimum atomic E-state index is 0. The van der Waals surface area contributed by atoms with Crippen molar-refractivity contribution in [3.05, 3.63) is 49.9 Å². The highest BCUT2D eigenvalue weighted by molar-refractivity contribution is 8.93. The van der Waals surface area contributed by atoms with Gasteiger partial charge in [-0.2, -0.15) is 5.10 Å². The fourth-order valence-electron chi connectivity index (χ4n) is 2.12. The number of aryl methyl sites for hydroxylation is 2. The topological polar surface area (TPSA) is 50.2 Å². The molecule has 0 fully saturated rings. The molecule has 0 atom stereocenters. The molecule has 10 heteroatoms. The molecule has 0 aliphatic rings. The molecule has 0 saturated carbocycles. The zero-order valence-electron chi connectivity index (χ0n) is 14.0. The molecule has 0 bridgehead atoms. The molecule has 0 spiro atoms. The normalized spacial score (nSPS) is 10.9. The Labute approximate surface area is 191 Å². The van der Waals surface area contributed by atoms with E-state index in [1.807, 2.05) is 32.2 Å². The highest BCUT2D eigenvalue weighted by Gasteiger charge is 2.11. The molecule has 3 aromatic rings. The number of thiazole rings is 2. The van der Waals surface area contributed by atoms with E-state index in [-0.39, 0.29) is 34.0 Å². The van der Waals surface area contributed by atoms with E-state index in [9.17, 15) is 0 Å². The molecule has 4 nitrogen and oxygen atoms in total. The van der Waals surface area contributed by atoms with Gasteiger partial charge in [0.1, 0.15) is 0 Å². The molecule has 0 aliphatic carbocycles. The summed E-state index contributed by atoms with van der Waals surface area (Å²) in [6, 6.07) is 5.43. The van der Waals surface area contributed by atoms with Crippen LogP contribution in [0.5, 0.6) is 0 Å². The lowest BCUT2D eigenvalue weighted by Crippen LogP contribution is -1.99. The number of aromatic nitrogens is 2. The maximum Gasteiger partial charge on any atom is 0.203 e. The smallest absolute Gasteiger partial charge is 0.203 e. The Kier molecular flexibility index (Phi) is 9.18. The predicted octanol–water partition coefficient (Wildman–Crippen LogP) is 7.18. The molecule has 0 radical (unpaired) electrons. The van der Waals surface area contributed by atoms with Crippen molar-refractivity contribution in [2.24, 2.45) is 5.10 Å². The maximum atomic E-state index is 6.04. The van der Waals surface area contributed by atoms with E-state index < -0.39 is 0 Å². The highest BCUT2D eigenvalue weighted by atomic mass is 79.9. The van der Waals surface area contributed by atoms with Gasteiger partial charge in [-0.25, -0.2) is 9.97 Å². The van der Waals surface area contributed by atoms with E-state index in [1.165, 1.54) is 11.3 Å². The van der Waals surface area contributed by atoms with Crippen LogP contribution in [0.3, 0.4) is 0 Å². The lowest BCUT2D eigenvalue weighted by molar-refractivity contribution is 1.20. The summed E-state index contributed by atoms with van der Waals surface area (Å²) in [5.41, 5.74) is 6.63. The third kappa shape index (κ3) is 5.50. The Hall–Kier alpha value is -0.510. The van der Waals surface area contributed by atoms with Gasteiger partial charge in [-0.15, -0.1) is 56.6 Å². The summed E-state index contributed by atoms with van der Waals surface area (Å²) in [4.78, 5) is 10.1. The van der Waals surface area contributed by atoms with Crippen LogP contribution in [-0.4, -0.2) is 15.7 Å². The maximum absolute atomic E-state index is 6.04. The van der Waals surface area contributed by atoms with Crippen LogP contribution in [0.15, 0.2) is 28.7 Å². The van der Waals surface area contributed by atoms with Gasteiger partial charge in [0.05, 0.1) is 37.0 Å². The summed E-state index contributed by atoms with van der Waals surface area (Å²) in [7, 11) is 0. The molecule has 1 N–H and O–H groups in total. The van der Waals surface area contributed by atoms with Crippen LogP contribution in [-0.2, 0) is 0 Å². The highest BCUT2D eigenvalue weighted by Crippen LogP contribution is 2.32. The summed E-state index contributed by atoms with van der Waals surface area (Å²) >= 11 is 15.1. The summed E-state index contributed by atoms with van der Waals surface area (Å²) < 4.78 is 0. The molecule has 3 rings (SSSR count). The molecule has 0 amide bonds. The third-order valence-corrected chi connectivity index (χ3v) is 5.88. The molecular formula is C16H16Br2Cl2N4S2. The number of rotatable bonds is 4. The first-order valence-corrected chi connectivity index (χ1v) is 9.55. The van der Waals surface area contributed by atoms with Gasteiger partial charge in [-0.3, -0.25) is 5.43 Å². The minimum absolute atomic E-state index is 0. The lowest BCUT2D eigenvalue weighted by Gasteiger charge is -2.03. The Bertz CT molecular complexity index is 925. The second kappa shape index (κ2) is 10.1. The monoisotopic (exact) mass is 556 g/mol. The van der Waals surface area contributed by atoms with E-state index >= 15 is 0 Å². The van der Waals surface area contributed by atoms with Gasteiger partial charge in [-0.05, 0) is 38.5 Å². The van der Waals surface area contributed by atoms with Crippen LogP contribution in [0.1, 0.15) is 23.2 Å². The minimum Gasteiger partial charge on any atom is -0.252 e. The van der Waals surface area contributed by atoms with Crippen molar-refractivity contribution in [1.82, 2.24) is 9.97 Å². The number of halogens is 4. The fraction of sp³-hybridized carbons (Fsp3) is 0.188. The molecule has 2 heterocycles. The van der Waals surface area contributed by atoms with Crippen LogP contribution in [0.4, 0.5) is 5.13 Å². The van der Waals surface area contributed by atoms with Gasteiger partial charge in [0, 0.05) is 5.38 Å². The van der Waals surface area contributed by atoms with Crippen LogP contribution >= 0.6 is 79.8 Å². The van der Waals surface area contributed by atoms with Crippen molar-refractivity contribution in [2.45, 2.75) is 20.8 Å². The second-order valence-electron chi connectivity index (χ2n) is 5.12. The first-order chi connectivity index (χ1) is 11.4. The van der Waals surface area contributed by atoms with Crippen molar-refractivity contribution >= 4 is 90.7 Å². The Morgan fingerprint density at radius 1 is 1.12 bits per heavy atom. The summed E-state index contributed by atoms with van der Waals surface area (Å²) in [6.45, 7) is 5.90. The van der Waals surface area contributed by atoms with Gasteiger partial charge in [0.2, 0.25) is 5.13 Å². The molecule has 26 heavy (non-hydrogen) atoms. The van der Waals surface area contributed by atoms with Crippen molar-refractivity contribution in [3.63, 3.8) is 0 Å². The second-order valence-corrected chi connectivity index (χ2v) is 8.00. The zero-order chi connectivity index (χ0) is 17.3. The van der Waals surface area contributed by atoms with Gasteiger partial charge in [0.25, 0.3) is 0 Å². The molecular weight excluding hydrogens is 543 g/mol. The quantitative estimate of drug-likeness (QED) is 0.272. The number of anilines is 1. The van der Waals surface area contributed by atoms with Crippen LogP contribution in [0, 0.1) is 13.8 Å². The number of hydrogen-bond donors (Lipinski definition) is 1. The Balaban J connectivity index is 0.00000169. The van der Waals surface area contributed by atoms with E-state index in [0.717, 1.165) is 37.7 Å². The molecule has 0 aliphatic heterocycles. The van der Waals surface area contributed by atoms with Crippen molar-refractivity contribution < 1.29 is 0 Å². The average molecular weight is 559 g/mol. The number of benzene rings is 1.